The standard InChI is InChI=1S/C9H12N2O5/c1-11(5-7-3-2-4-15-7)9(14)10-16-6-8(12)13/h2-4H,5-6H2,1H3,(H,10,14)(H,12,13). The maximum absolute atomic E-state index is 11.3. The van der Waals surface area contributed by atoms with Gasteiger partial charge in [0.15, 0.2) is 6.61 Å². The summed E-state index contributed by atoms with van der Waals surface area (Å²) in [5.41, 5.74) is 1.99. The van der Waals surface area contributed by atoms with Crippen molar-refractivity contribution >= 4 is 12.0 Å². The molecule has 1 aromatic rings. The lowest BCUT2D eigenvalue weighted by Gasteiger charge is -2.15. The maximum Gasteiger partial charge on any atom is 0.341 e. The summed E-state index contributed by atoms with van der Waals surface area (Å²) in [5.74, 6) is -0.537. The Morgan fingerprint density at radius 3 is 2.94 bits per heavy atom. The van der Waals surface area contributed by atoms with Gasteiger partial charge in [-0.25, -0.2) is 15.1 Å². The van der Waals surface area contributed by atoms with Crippen molar-refractivity contribution in [1.29, 1.82) is 0 Å². The summed E-state index contributed by atoms with van der Waals surface area (Å²) in [7, 11) is 1.53. The van der Waals surface area contributed by atoms with Gasteiger partial charge in [-0.3, -0.25) is 4.84 Å². The second kappa shape index (κ2) is 5.76. The van der Waals surface area contributed by atoms with Crippen LogP contribution in [-0.4, -0.2) is 35.7 Å². The molecule has 0 saturated heterocycles. The zero-order valence-electron chi connectivity index (χ0n) is 8.67. The maximum atomic E-state index is 11.3. The molecule has 1 aromatic heterocycles. The van der Waals surface area contributed by atoms with Gasteiger partial charge in [0.25, 0.3) is 0 Å². The van der Waals surface area contributed by atoms with Crippen molar-refractivity contribution in [3.05, 3.63) is 24.2 Å². The number of hydrogen-bond donors (Lipinski definition) is 2. The van der Waals surface area contributed by atoms with Crippen LogP contribution < -0.4 is 5.48 Å². The average Bonchev–Trinajstić information content (AvgIpc) is 2.69. The van der Waals surface area contributed by atoms with E-state index in [9.17, 15) is 9.59 Å². The molecule has 2 N–H and O–H groups in total. The fraction of sp³-hybridized carbons (Fsp3) is 0.333. The monoisotopic (exact) mass is 228 g/mol. The number of amides is 2. The summed E-state index contributed by atoms with van der Waals surface area (Å²) in [4.78, 5) is 27.1. The Morgan fingerprint density at radius 2 is 2.38 bits per heavy atom. The molecule has 0 saturated carbocycles. The predicted molar refractivity (Wildman–Crippen MR) is 52.3 cm³/mol. The number of carboxylic acid groups (broad SMARTS) is 1. The summed E-state index contributed by atoms with van der Waals surface area (Å²) in [5, 5.41) is 8.27. The van der Waals surface area contributed by atoms with E-state index in [1.54, 1.807) is 12.1 Å². The van der Waals surface area contributed by atoms with E-state index in [0.29, 0.717) is 5.76 Å². The third kappa shape index (κ3) is 4.01. The number of urea groups is 1. The van der Waals surface area contributed by atoms with Crippen LogP contribution in [-0.2, 0) is 16.2 Å². The lowest BCUT2D eigenvalue weighted by molar-refractivity contribution is -0.144. The first kappa shape index (κ1) is 12.1. The fourth-order valence-electron chi connectivity index (χ4n) is 0.946. The van der Waals surface area contributed by atoms with Crippen LogP contribution in [0.25, 0.3) is 0 Å². The van der Waals surface area contributed by atoms with Crippen LogP contribution in [0.2, 0.25) is 0 Å². The molecule has 16 heavy (non-hydrogen) atoms. The van der Waals surface area contributed by atoms with E-state index >= 15 is 0 Å². The van der Waals surface area contributed by atoms with Crippen molar-refractivity contribution in [1.82, 2.24) is 10.4 Å². The van der Waals surface area contributed by atoms with Gasteiger partial charge in [-0.15, -0.1) is 0 Å². The van der Waals surface area contributed by atoms with E-state index in [4.69, 9.17) is 9.52 Å². The number of nitrogens with zero attached hydrogens (tertiary/aromatic N) is 1. The number of aliphatic carboxylic acids is 1. The van der Waals surface area contributed by atoms with E-state index in [1.807, 2.05) is 5.48 Å². The number of carbonyl (C=O) groups is 2. The summed E-state index contributed by atoms with van der Waals surface area (Å²) in [6, 6.07) is 2.89. The lowest BCUT2D eigenvalue weighted by Crippen LogP contribution is -2.37. The van der Waals surface area contributed by atoms with Gasteiger partial charge in [0, 0.05) is 7.05 Å². The molecule has 2 amide bonds. The molecule has 0 radical (unpaired) electrons. The van der Waals surface area contributed by atoms with Crippen LogP contribution in [0, 0.1) is 0 Å². The summed E-state index contributed by atoms with van der Waals surface area (Å²) in [6.45, 7) is -0.310. The smallest absolute Gasteiger partial charge is 0.341 e. The van der Waals surface area contributed by atoms with Crippen molar-refractivity contribution in [2.75, 3.05) is 13.7 Å². The first-order chi connectivity index (χ1) is 7.59. The third-order valence-electron chi connectivity index (χ3n) is 1.67. The van der Waals surface area contributed by atoms with Crippen LogP contribution in [0.4, 0.5) is 4.79 Å². The quantitative estimate of drug-likeness (QED) is 0.713. The first-order valence-corrected chi connectivity index (χ1v) is 4.46. The van der Waals surface area contributed by atoms with Crippen molar-refractivity contribution in [3.63, 3.8) is 0 Å². The molecule has 7 heteroatoms. The second-order valence-corrected chi connectivity index (χ2v) is 3.03. The highest BCUT2D eigenvalue weighted by molar-refractivity contribution is 5.73. The van der Waals surface area contributed by atoms with E-state index in [1.165, 1.54) is 18.2 Å². The van der Waals surface area contributed by atoms with Gasteiger partial charge in [-0.1, -0.05) is 0 Å². The predicted octanol–water partition coefficient (Wildman–Crippen LogP) is 0.437. The Balaban J connectivity index is 2.28. The molecule has 7 nitrogen and oxygen atoms in total. The first-order valence-electron chi connectivity index (χ1n) is 4.46. The highest BCUT2D eigenvalue weighted by atomic mass is 16.7. The van der Waals surface area contributed by atoms with Gasteiger partial charge in [0.05, 0.1) is 12.8 Å². The number of nitrogens with one attached hydrogen (secondary N) is 1. The molecule has 0 fully saturated rings. The van der Waals surface area contributed by atoms with Gasteiger partial charge in [-0.2, -0.15) is 0 Å². The Morgan fingerprint density at radius 1 is 1.62 bits per heavy atom. The fourth-order valence-corrected chi connectivity index (χ4v) is 0.946. The van der Waals surface area contributed by atoms with Gasteiger partial charge in [-0.05, 0) is 12.1 Å². The molecular formula is C9H12N2O5. The van der Waals surface area contributed by atoms with Crippen molar-refractivity contribution in [2.45, 2.75) is 6.54 Å². The minimum atomic E-state index is -1.16. The van der Waals surface area contributed by atoms with Crippen LogP contribution in [0.1, 0.15) is 5.76 Å². The van der Waals surface area contributed by atoms with E-state index in [2.05, 4.69) is 4.84 Å². The van der Waals surface area contributed by atoms with Crippen LogP contribution in [0.5, 0.6) is 0 Å². The summed E-state index contributed by atoms with van der Waals surface area (Å²) >= 11 is 0. The van der Waals surface area contributed by atoms with E-state index in [-0.39, 0.29) is 6.54 Å². The SMILES string of the molecule is CN(Cc1ccco1)C(=O)NOCC(=O)O. The highest BCUT2D eigenvalue weighted by Gasteiger charge is 2.10. The topological polar surface area (TPSA) is 92.0 Å². The van der Waals surface area contributed by atoms with Crippen molar-refractivity contribution in [2.24, 2.45) is 0 Å². The Kier molecular flexibility index (Phi) is 4.34. The molecule has 88 valence electrons. The average molecular weight is 228 g/mol. The molecule has 1 rings (SSSR count). The van der Waals surface area contributed by atoms with Crippen LogP contribution in [0.15, 0.2) is 22.8 Å². The van der Waals surface area contributed by atoms with Gasteiger partial charge in [0.1, 0.15) is 5.76 Å². The number of carbonyl (C=O) groups excluding carboxylic acids is 1. The molecular weight excluding hydrogens is 216 g/mol. The summed E-state index contributed by atoms with van der Waals surface area (Å²) < 4.78 is 5.04. The minimum absolute atomic E-state index is 0.273. The number of furan rings is 1. The number of hydroxylamine groups is 1. The third-order valence-corrected chi connectivity index (χ3v) is 1.67. The minimum Gasteiger partial charge on any atom is -0.479 e. The molecule has 0 spiro atoms. The van der Waals surface area contributed by atoms with Crippen molar-refractivity contribution < 1.29 is 24.0 Å². The van der Waals surface area contributed by atoms with Crippen molar-refractivity contribution in [3.8, 4) is 0 Å². The zero-order chi connectivity index (χ0) is 12.0. The zero-order valence-corrected chi connectivity index (χ0v) is 8.67. The van der Waals surface area contributed by atoms with Gasteiger partial charge < -0.3 is 14.4 Å². The molecule has 0 aliphatic carbocycles. The second-order valence-electron chi connectivity index (χ2n) is 3.03. The van der Waals surface area contributed by atoms with Crippen LogP contribution >= 0.6 is 0 Å². The molecule has 0 aliphatic heterocycles. The molecule has 0 aliphatic rings. The van der Waals surface area contributed by atoms with Gasteiger partial charge >= 0.3 is 12.0 Å². The molecule has 0 aromatic carbocycles. The van der Waals surface area contributed by atoms with Crippen LogP contribution in [0.3, 0.4) is 0 Å². The molecule has 0 unspecified atom stereocenters. The normalized spacial score (nSPS) is 9.81. The van der Waals surface area contributed by atoms with E-state index < -0.39 is 18.6 Å². The Hall–Kier alpha value is -2.02. The Labute approximate surface area is 91.5 Å². The molecule has 0 atom stereocenters. The lowest BCUT2D eigenvalue weighted by atomic mass is 10.4. The molecule has 0 bridgehead atoms. The number of rotatable bonds is 5. The van der Waals surface area contributed by atoms with E-state index in [0.717, 1.165) is 0 Å². The summed E-state index contributed by atoms with van der Waals surface area (Å²) in [6.07, 6.45) is 1.50. The molecule has 1 heterocycles. The Bertz CT molecular complexity index is 349. The number of carboxylic acids is 1. The van der Waals surface area contributed by atoms with Gasteiger partial charge in [0.2, 0.25) is 0 Å². The number of hydrogen-bond acceptors (Lipinski definition) is 4. The largest absolute Gasteiger partial charge is 0.479 e. The highest BCUT2D eigenvalue weighted by Crippen LogP contribution is 2.03.